The molecular weight excluding hydrogens is 295 g/mol. The van der Waals surface area contributed by atoms with Crippen molar-refractivity contribution >= 4 is 12.0 Å². The summed E-state index contributed by atoms with van der Waals surface area (Å²) in [7, 11) is 0. The van der Waals surface area contributed by atoms with E-state index in [1.54, 1.807) is 12.1 Å². The van der Waals surface area contributed by atoms with Gasteiger partial charge in [-0.1, -0.05) is 24.3 Å². The Bertz CT molecular complexity index is 630. The first kappa shape index (κ1) is 14.8. The van der Waals surface area contributed by atoms with E-state index < -0.39 is 0 Å². The third kappa shape index (κ3) is 2.48. The molecule has 3 aliphatic heterocycles. The van der Waals surface area contributed by atoms with Crippen LogP contribution in [0.4, 0.5) is 4.39 Å². The molecule has 0 radical (unpaired) electrons. The molecule has 3 heterocycles. The maximum atomic E-state index is 12.9. The first-order valence-electron chi connectivity index (χ1n) is 8.30. The Kier molecular flexibility index (Phi) is 3.70. The number of carbonyl (C=O) groups excluding carboxylic acids is 1. The van der Waals surface area contributed by atoms with Gasteiger partial charge in [0.25, 0.3) is 0 Å². The van der Waals surface area contributed by atoms with E-state index in [9.17, 15) is 9.18 Å². The van der Waals surface area contributed by atoms with Gasteiger partial charge in [-0.05, 0) is 24.1 Å². The molecule has 1 spiro atoms. The van der Waals surface area contributed by atoms with Crippen LogP contribution < -0.4 is 0 Å². The van der Waals surface area contributed by atoms with E-state index in [1.807, 2.05) is 11.0 Å². The van der Waals surface area contributed by atoms with Crippen molar-refractivity contribution in [1.29, 1.82) is 0 Å². The van der Waals surface area contributed by atoms with Crippen molar-refractivity contribution < 1.29 is 13.9 Å². The van der Waals surface area contributed by atoms with Crippen molar-refractivity contribution in [3.05, 3.63) is 41.7 Å². The van der Waals surface area contributed by atoms with Crippen molar-refractivity contribution in [1.82, 2.24) is 9.80 Å². The van der Waals surface area contributed by atoms with Crippen LogP contribution in [0.1, 0.15) is 24.8 Å². The van der Waals surface area contributed by atoms with Gasteiger partial charge in [0.2, 0.25) is 5.91 Å². The first-order valence-corrected chi connectivity index (χ1v) is 8.30. The fraction of sp³-hybridized carbons (Fsp3) is 0.500. The van der Waals surface area contributed by atoms with E-state index in [1.165, 1.54) is 12.1 Å². The Labute approximate surface area is 135 Å². The highest BCUT2D eigenvalue weighted by atomic mass is 19.1. The summed E-state index contributed by atoms with van der Waals surface area (Å²) in [6, 6.07) is 6.63. The van der Waals surface area contributed by atoms with E-state index in [0.29, 0.717) is 6.42 Å². The van der Waals surface area contributed by atoms with Crippen LogP contribution in [0.25, 0.3) is 6.08 Å². The molecular formula is C18H21FN2O2. The molecule has 3 saturated heterocycles. The van der Waals surface area contributed by atoms with Crippen LogP contribution in [-0.4, -0.2) is 53.7 Å². The van der Waals surface area contributed by atoms with Crippen LogP contribution in [0.3, 0.4) is 0 Å². The highest BCUT2D eigenvalue weighted by Gasteiger charge is 2.60. The summed E-state index contributed by atoms with van der Waals surface area (Å²) >= 11 is 0. The Morgan fingerprint density at radius 1 is 1.30 bits per heavy atom. The van der Waals surface area contributed by atoms with E-state index >= 15 is 0 Å². The molecule has 3 aliphatic rings. The van der Waals surface area contributed by atoms with Gasteiger partial charge in [-0.3, -0.25) is 9.69 Å². The van der Waals surface area contributed by atoms with Crippen molar-refractivity contribution in [3.63, 3.8) is 0 Å². The minimum absolute atomic E-state index is 0.160. The van der Waals surface area contributed by atoms with Crippen molar-refractivity contribution in [3.8, 4) is 0 Å². The normalized spacial score (nSPS) is 30.9. The predicted octanol–water partition coefficient (Wildman–Crippen LogP) is 2.26. The molecule has 0 N–H and O–H groups in total. The molecule has 5 heteroatoms. The SMILES string of the molecule is O=C1C[C@H]2N(CC=Cc3ccc(F)cc3)CC[C@]23OCCCN13. The lowest BCUT2D eigenvalue weighted by Gasteiger charge is -2.42. The zero-order chi connectivity index (χ0) is 15.9. The van der Waals surface area contributed by atoms with Gasteiger partial charge in [-0.25, -0.2) is 4.39 Å². The topological polar surface area (TPSA) is 32.8 Å². The van der Waals surface area contributed by atoms with Gasteiger partial charge < -0.3 is 9.64 Å². The lowest BCUT2D eigenvalue weighted by Crippen LogP contribution is -2.56. The van der Waals surface area contributed by atoms with Gasteiger partial charge >= 0.3 is 0 Å². The van der Waals surface area contributed by atoms with Gasteiger partial charge in [-0.2, -0.15) is 0 Å². The molecule has 4 nitrogen and oxygen atoms in total. The van der Waals surface area contributed by atoms with Crippen molar-refractivity contribution in [2.45, 2.75) is 31.0 Å². The molecule has 0 unspecified atom stereocenters. The Hall–Kier alpha value is -1.72. The average molecular weight is 316 g/mol. The highest BCUT2D eigenvalue weighted by Crippen LogP contribution is 2.44. The molecule has 0 bridgehead atoms. The Morgan fingerprint density at radius 2 is 2.13 bits per heavy atom. The Morgan fingerprint density at radius 3 is 2.96 bits per heavy atom. The van der Waals surface area contributed by atoms with Gasteiger partial charge in [-0.15, -0.1) is 0 Å². The molecule has 0 aliphatic carbocycles. The number of likely N-dealkylation sites (tertiary alicyclic amines) is 1. The second kappa shape index (κ2) is 5.73. The Balaban J connectivity index is 1.45. The molecule has 4 rings (SSSR count). The van der Waals surface area contributed by atoms with E-state index in [0.717, 1.165) is 44.6 Å². The summed E-state index contributed by atoms with van der Waals surface area (Å²) in [5.41, 5.74) is 0.609. The van der Waals surface area contributed by atoms with Gasteiger partial charge in [0, 0.05) is 32.5 Å². The number of hydrogen-bond donors (Lipinski definition) is 0. The molecule has 1 aromatic carbocycles. The summed E-state index contributed by atoms with van der Waals surface area (Å²) in [4.78, 5) is 16.6. The van der Waals surface area contributed by atoms with Crippen LogP contribution in [0.2, 0.25) is 0 Å². The zero-order valence-corrected chi connectivity index (χ0v) is 13.1. The molecule has 122 valence electrons. The summed E-state index contributed by atoms with van der Waals surface area (Å²) < 4.78 is 19.0. The number of nitrogens with zero attached hydrogens (tertiary/aromatic N) is 2. The third-order valence-electron chi connectivity index (χ3n) is 5.24. The highest BCUT2D eigenvalue weighted by molar-refractivity contribution is 5.81. The fourth-order valence-electron chi connectivity index (χ4n) is 4.15. The van der Waals surface area contributed by atoms with Crippen LogP contribution >= 0.6 is 0 Å². The van der Waals surface area contributed by atoms with Gasteiger partial charge in [0.05, 0.1) is 12.6 Å². The standard InChI is InChI=1S/C18H21FN2O2/c19-15-6-4-14(5-7-15)3-1-9-20-11-8-18-16(20)13-17(22)21(18)10-2-12-23-18/h1,3-7,16H,2,8-13H2/t16-,18+/m1/s1. The monoisotopic (exact) mass is 316 g/mol. The molecule has 23 heavy (non-hydrogen) atoms. The fourth-order valence-corrected chi connectivity index (χ4v) is 4.15. The summed E-state index contributed by atoms with van der Waals surface area (Å²) in [5, 5.41) is 0. The van der Waals surface area contributed by atoms with Gasteiger partial charge in [0.15, 0.2) is 5.72 Å². The maximum Gasteiger partial charge on any atom is 0.226 e. The van der Waals surface area contributed by atoms with Crippen LogP contribution in [0.5, 0.6) is 0 Å². The average Bonchev–Trinajstić information content (AvgIpc) is 3.03. The van der Waals surface area contributed by atoms with E-state index in [2.05, 4.69) is 11.0 Å². The number of benzene rings is 1. The van der Waals surface area contributed by atoms with Crippen molar-refractivity contribution in [2.24, 2.45) is 0 Å². The molecule has 0 aromatic heterocycles. The number of rotatable bonds is 3. The lowest BCUT2D eigenvalue weighted by molar-refractivity contribution is -0.180. The molecule has 3 fully saturated rings. The minimum Gasteiger partial charge on any atom is -0.354 e. The van der Waals surface area contributed by atoms with E-state index in [4.69, 9.17) is 4.74 Å². The zero-order valence-electron chi connectivity index (χ0n) is 13.1. The summed E-state index contributed by atoms with van der Waals surface area (Å²) in [6.45, 7) is 3.31. The number of carbonyl (C=O) groups is 1. The summed E-state index contributed by atoms with van der Waals surface area (Å²) in [6.07, 6.45) is 6.48. The third-order valence-corrected chi connectivity index (χ3v) is 5.24. The number of hydrogen-bond acceptors (Lipinski definition) is 3. The van der Waals surface area contributed by atoms with E-state index in [-0.39, 0.29) is 23.5 Å². The molecule has 0 saturated carbocycles. The van der Waals surface area contributed by atoms with Crippen molar-refractivity contribution in [2.75, 3.05) is 26.2 Å². The lowest BCUT2D eigenvalue weighted by atomic mass is 10.0. The van der Waals surface area contributed by atoms with Gasteiger partial charge in [0.1, 0.15) is 5.82 Å². The number of amides is 1. The number of halogens is 1. The largest absolute Gasteiger partial charge is 0.354 e. The quantitative estimate of drug-likeness (QED) is 0.857. The molecule has 1 amide bonds. The predicted molar refractivity (Wildman–Crippen MR) is 85.0 cm³/mol. The molecule has 1 aromatic rings. The second-order valence-corrected chi connectivity index (χ2v) is 6.51. The van der Waals surface area contributed by atoms with Crippen LogP contribution in [-0.2, 0) is 9.53 Å². The smallest absolute Gasteiger partial charge is 0.226 e. The second-order valence-electron chi connectivity index (χ2n) is 6.51. The maximum absolute atomic E-state index is 12.9. The number of ether oxygens (including phenoxy) is 1. The summed E-state index contributed by atoms with van der Waals surface area (Å²) in [5.74, 6) is 0.00422. The van der Waals surface area contributed by atoms with Crippen LogP contribution in [0, 0.1) is 5.82 Å². The minimum atomic E-state index is -0.376. The van der Waals surface area contributed by atoms with Crippen LogP contribution in [0.15, 0.2) is 30.3 Å². The first-order chi connectivity index (χ1) is 11.2. The molecule has 2 atom stereocenters.